The van der Waals surface area contributed by atoms with Gasteiger partial charge >= 0.3 is 5.69 Å². The van der Waals surface area contributed by atoms with E-state index in [1.165, 1.54) is 18.2 Å². The number of nitro benzene ring substituents is 1. The zero-order chi connectivity index (χ0) is 19.0. The molecule has 9 heteroatoms. The van der Waals surface area contributed by atoms with Gasteiger partial charge in [0, 0.05) is 31.3 Å². The van der Waals surface area contributed by atoms with Crippen LogP contribution >= 0.6 is 0 Å². The van der Waals surface area contributed by atoms with Crippen LogP contribution in [0.1, 0.15) is 15.9 Å². The molecule has 26 heavy (non-hydrogen) atoms. The van der Waals surface area contributed by atoms with Crippen molar-refractivity contribution in [1.82, 2.24) is 9.97 Å². The first-order chi connectivity index (χ1) is 12.3. The molecular formula is C17H17N5O4. The maximum Gasteiger partial charge on any atom is 0.323 e. The van der Waals surface area contributed by atoms with Crippen LogP contribution in [-0.4, -0.2) is 34.9 Å². The van der Waals surface area contributed by atoms with Crippen LogP contribution in [0.2, 0.25) is 0 Å². The number of aromatic nitrogens is 2. The fraction of sp³-hybridized carbons (Fsp3) is 0.176. The number of aromatic amines is 2. The van der Waals surface area contributed by atoms with E-state index in [4.69, 9.17) is 0 Å². The molecule has 3 N–H and O–H groups in total. The van der Waals surface area contributed by atoms with E-state index in [0.29, 0.717) is 28.0 Å². The largest absolute Gasteiger partial charge is 0.376 e. The highest BCUT2D eigenvalue weighted by molar-refractivity contribution is 6.07. The van der Waals surface area contributed by atoms with Gasteiger partial charge in [-0.05, 0) is 25.1 Å². The van der Waals surface area contributed by atoms with Crippen LogP contribution in [0, 0.1) is 17.0 Å². The highest BCUT2D eigenvalue weighted by Crippen LogP contribution is 2.29. The Morgan fingerprint density at radius 2 is 1.81 bits per heavy atom. The van der Waals surface area contributed by atoms with Crippen molar-refractivity contribution >= 4 is 34.0 Å². The van der Waals surface area contributed by atoms with E-state index in [-0.39, 0.29) is 16.9 Å². The number of anilines is 2. The second kappa shape index (κ2) is 6.36. The Morgan fingerprint density at radius 3 is 2.42 bits per heavy atom. The van der Waals surface area contributed by atoms with Gasteiger partial charge in [0.15, 0.2) is 0 Å². The third-order valence-electron chi connectivity index (χ3n) is 4.03. The van der Waals surface area contributed by atoms with Gasteiger partial charge in [0.05, 0.1) is 27.3 Å². The second-order valence-corrected chi connectivity index (χ2v) is 6.10. The van der Waals surface area contributed by atoms with Gasteiger partial charge in [-0.1, -0.05) is 6.07 Å². The van der Waals surface area contributed by atoms with Gasteiger partial charge < -0.3 is 20.2 Å². The number of carbonyl (C=O) groups excluding carboxylic acids is 1. The average molecular weight is 355 g/mol. The number of rotatable bonds is 4. The molecule has 0 aliphatic carbocycles. The summed E-state index contributed by atoms with van der Waals surface area (Å²) in [5, 5.41) is 13.8. The van der Waals surface area contributed by atoms with Gasteiger partial charge in [-0.3, -0.25) is 14.9 Å². The summed E-state index contributed by atoms with van der Waals surface area (Å²) in [7, 11) is 3.61. The quantitative estimate of drug-likeness (QED) is 0.489. The van der Waals surface area contributed by atoms with E-state index in [9.17, 15) is 19.7 Å². The maximum absolute atomic E-state index is 12.6. The first-order valence-electron chi connectivity index (χ1n) is 7.76. The molecule has 0 atom stereocenters. The van der Waals surface area contributed by atoms with Gasteiger partial charge in [-0.15, -0.1) is 0 Å². The molecular weight excluding hydrogens is 338 g/mol. The molecule has 0 radical (unpaired) electrons. The molecule has 0 bridgehead atoms. The van der Waals surface area contributed by atoms with Crippen molar-refractivity contribution in [2.45, 2.75) is 6.92 Å². The summed E-state index contributed by atoms with van der Waals surface area (Å²) in [5.74, 6) is -0.478. The summed E-state index contributed by atoms with van der Waals surface area (Å²) in [4.78, 5) is 41.7. The lowest BCUT2D eigenvalue weighted by molar-refractivity contribution is -0.385. The Labute approximate surface area is 147 Å². The summed E-state index contributed by atoms with van der Waals surface area (Å²) in [5.41, 5.74) is 2.52. The Bertz CT molecular complexity index is 1080. The van der Waals surface area contributed by atoms with Crippen molar-refractivity contribution in [3.63, 3.8) is 0 Å². The molecule has 0 unspecified atom stereocenters. The molecule has 0 aliphatic heterocycles. The smallest absolute Gasteiger partial charge is 0.323 e. The molecule has 134 valence electrons. The Hall–Kier alpha value is -3.62. The van der Waals surface area contributed by atoms with Crippen molar-refractivity contribution in [2.24, 2.45) is 0 Å². The van der Waals surface area contributed by atoms with Crippen LogP contribution in [0.15, 0.2) is 35.1 Å². The van der Waals surface area contributed by atoms with Crippen LogP contribution in [0.3, 0.4) is 0 Å². The number of fused-ring (bicyclic) bond motifs is 1. The lowest BCUT2D eigenvalue weighted by Crippen LogP contribution is -2.17. The predicted molar refractivity (Wildman–Crippen MR) is 99.0 cm³/mol. The first kappa shape index (κ1) is 17.2. The Balaban J connectivity index is 2.01. The number of carbonyl (C=O) groups is 1. The number of benzene rings is 2. The van der Waals surface area contributed by atoms with Crippen LogP contribution in [0.5, 0.6) is 0 Å². The number of hydrogen-bond acceptors (Lipinski definition) is 5. The highest BCUT2D eigenvalue weighted by Gasteiger charge is 2.17. The number of imidazole rings is 1. The number of H-pyrrole nitrogens is 2. The normalized spacial score (nSPS) is 10.7. The standard InChI is InChI=1S/C17H17N5O4/c1-9-4-5-10(6-14(9)22(25)26)16(23)18-13-7-11-12(20-17(24)19-11)8-15(13)21(2)3/h4-8H,1-3H3,(H,18,23)(H2,19,20,24). The molecule has 1 heterocycles. The summed E-state index contributed by atoms with van der Waals surface area (Å²) in [6.45, 7) is 1.61. The minimum atomic E-state index is -0.520. The van der Waals surface area contributed by atoms with Crippen LogP contribution in [0.25, 0.3) is 11.0 Å². The topological polar surface area (TPSA) is 124 Å². The molecule has 3 rings (SSSR count). The Kier molecular flexibility index (Phi) is 4.21. The number of nitro groups is 1. The average Bonchev–Trinajstić information content (AvgIpc) is 2.93. The molecule has 0 fully saturated rings. The van der Waals surface area contributed by atoms with Crippen molar-refractivity contribution in [2.75, 3.05) is 24.3 Å². The molecule has 3 aromatic rings. The van der Waals surface area contributed by atoms with Crippen molar-refractivity contribution in [3.8, 4) is 0 Å². The fourth-order valence-electron chi connectivity index (χ4n) is 2.68. The van der Waals surface area contributed by atoms with E-state index >= 15 is 0 Å². The van der Waals surface area contributed by atoms with E-state index < -0.39 is 10.8 Å². The third-order valence-corrected chi connectivity index (χ3v) is 4.03. The summed E-state index contributed by atoms with van der Waals surface area (Å²) in [6.07, 6.45) is 0. The molecule has 9 nitrogen and oxygen atoms in total. The lowest BCUT2D eigenvalue weighted by Gasteiger charge is -2.18. The van der Waals surface area contributed by atoms with E-state index in [1.807, 2.05) is 0 Å². The van der Waals surface area contributed by atoms with Gasteiger partial charge in [-0.2, -0.15) is 0 Å². The number of hydrogen-bond donors (Lipinski definition) is 3. The molecule has 1 aromatic heterocycles. The minimum absolute atomic E-state index is 0.115. The van der Waals surface area contributed by atoms with Crippen molar-refractivity contribution in [1.29, 1.82) is 0 Å². The second-order valence-electron chi connectivity index (χ2n) is 6.10. The number of nitrogens with one attached hydrogen (secondary N) is 3. The summed E-state index contributed by atoms with van der Waals surface area (Å²) < 4.78 is 0. The molecule has 0 saturated heterocycles. The zero-order valence-electron chi connectivity index (χ0n) is 14.4. The number of amides is 1. The van der Waals surface area contributed by atoms with Crippen LogP contribution in [0.4, 0.5) is 17.1 Å². The van der Waals surface area contributed by atoms with Gasteiger partial charge in [-0.25, -0.2) is 4.79 Å². The maximum atomic E-state index is 12.6. The molecule has 2 aromatic carbocycles. The van der Waals surface area contributed by atoms with E-state index in [0.717, 1.165) is 0 Å². The minimum Gasteiger partial charge on any atom is -0.376 e. The zero-order valence-corrected chi connectivity index (χ0v) is 14.4. The molecule has 1 amide bonds. The molecule has 0 saturated carbocycles. The highest BCUT2D eigenvalue weighted by atomic mass is 16.6. The number of nitrogens with zero attached hydrogens (tertiary/aromatic N) is 2. The van der Waals surface area contributed by atoms with E-state index in [1.54, 1.807) is 38.1 Å². The SMILES string of the molecule is Cc1ccc(C(=O)Nc2cc3[nH]c(=O)[nH]c3cc2N(C)C)cc1[N+](=O)[O-]. The van der Waals surface area contributed by atoms with Gasteiger partial charge in [0.1, 0.15) is 0 Å². The fourth-order valence-corrected chi connectivity index (χ4v) is 2.68. The van der Waals surface area contributed by atoms with Gasteiger partial charge in [0.25, 0.3) is 11.6 Å². The third kappa shape index (κ3) is 3.14. The van der Waals surface area contributed by atoms with Crippen LogP contribution in [-0.2, 0) is 0 Å². The number of aryl methyl sites for hydroxylation is 1. The van der Waals surface area contributed by atoms with E-state index in [2.05, 4.69) is 15.3 Å². The summed E-state index contributed by atoms with van der Waals surface area (Å²) >= 11 is 0. The monoisotopic (exact) mass is 355 g/mol. The van der Waals surface area contributed by atoms with Crippen molar-refractivity contribution < 1.29 is 9.72 Å². The predicted octanol–water partition coefficient (Wildman–Crippen LogP) is 2.39. The van der Waals surface area contributed by atoms with Gasteiger partial charge in [0.2, 0.25) is 0 Å². The lowest BCUT2D eigenvalue weighted by atomic mass is 10.1. The molecule has 0 aliphatic rings. The molecule has 0 spiro atoms. The van der Waals surface area contributed by atoms with Crippen LogP contribution < -0.4 is 15.9 Å². The first-order valence-corrected chi connectivity index (χ1v) is 7.76. The summed E-state index contributed by atoms with van der Waals surface area (Å²) in [6, 6.07) is 7.69. The Morgan fingerprint density at radius 1 is 1.15 bits per heavy atom. The van der Waals surface area contributed by atoms with Crippen molar-refractivity contribution in [3.05, 3.63) is 62.1 Å².